The van der Waals surface area contributed by atoms with Gasteiger partial charge in [-0.1, -0.05) is 57.7 Å². The monoisotopic (exact) mass is 499 g/mol. The van der Waals surface area contributed by atoms with E-state index in [4.69, 9.17) is 11.2 Å². The van der Waals surface area contributed by atoms with Gasteiger partial charge >= 0.3 is 6.09 Å². The van der Waals surface area contributed by atoms with E-state index in [1.54, 1.807) is 43.9 Å². The van der Waals surface area contributed by atoms with E-state index < -0.39 is 29.3 Å². The molecule has 1 aromatic rings. The zero-order valence-electron chi connectivity index (χ0n) is 23.5. The summed E-state index contributed by atoms with van der Waals surface area (Å²) in [4.78, 5) is 42.0. The van der Waals surface area contributed by atoms with Crippen LogP contribution in [0.1, 0.15) is 98.7 Å². The van der Waals surface area contributed by atoms with E-state index in [-0.39, 0.29) is 17.7 Å². The zero-order valence-corrected chi connectivity index (χ0v) is 23.5. The third-order valence-electron chi connectivity index (χ3n) is 5.36. The Balaban J connectivity index is 3.59. The molecule has 0 fully saturated rings. The van der Waals surface area contributed by atoms with Crippen molar-refractivity contribution in [1.29, 1.82) is 0 Å². The number of nitrogens with zero attached hydrogens (tertiary/aromatic N) is 1. The molecule has 0 saturated heterocycles. The third-order valence-corrected chi connectivity index (χ3v) is 5.36. The maximum atomic E-state index is 14.1. The summed E-state index contributed by atoms with van der Waals surface area (Å²) in [6, 6.07) is 5.32. The van der Waals surface area contributed by atoms with Crippen LogP contribution in [-0.4, -0.2) is 46.5 Å². The fraction of sp³-hybridized carbons (Fsp3) is 0.621. The lowest BCUT2D eigenvalue weighted by atomic mass is 9.94. The number of unbranched alkanes of at least 4 members (excludes halogenated alkanes) is 2. The molecule has 2 N–H and O–H groups in total. The molecule has 0 radical (unpaired) electrons. The van der Waals surface area contributed by atoms with Crippen molar-refractivity contribution in [2.75, 3.05) is 6.54 Å². The van der Waals surface area contributed by atoms with Gasteiger partial charge in [0.1, 0.15) is 17.7 Å². The van der Waals surface area contributed by atoms with Gasteiger partial charge < -0.3 is 20.3 Å². The Kier molecular flexibility index (Phi) is 11.5. The minimum absolute atomic E-state index is 0.243. The van der Waals surface area contributed by atoms with Crippen molar-refractivity contribution in [3.05, 3.63) is 35.4 Å². The maximum absolute atomic E-state index is 14.1. The number of benzene rings is 1. The summed E-state index contributed by atoms with van der Waals surface area (Å²) >= 11 is 0. The van der Waals surface area contributed by atoms with E-state index >= 15 is 0 Å². The largest absolute Gasteiger partial charge is 0.444 e. The number of rotatable bonds is 10. The molecule has 2 unspecified atom stereocenters. The summed E-state index contributed by atoms with van der Waals surface area (Å²) in [5, 5.41) is 5.76. The second-order valence-corrected chi connectivity index (χ2v) is 11.5. The molecule has 0 spiro atoms. The minimum Gasteiger partial charge on any atom is -0.444 e. The van der Waals surface area contributed by atoms with Gasteiger partial charge in [-0.2, -0.15) is 0 Å². The number of terminal acetylenes is 1. The highest BCUT2D eigenvalue weighted by molar-refractivity contribution is 5.93. The molecular formula is C29H45N3O4. The Morgan fingerprint density at radius 2 is 1.67 bits per heavy atom. The SMILES string of the molecule is C#Cc1ccccc1C(C(=O)NC(C)(C)C)N(CCCCC)C(=O)C(NC(=O)OC(C)(C)C)C(C)C. The highest BCUT2D eigenvalue weighted by atomic mass is 16.6. The van der Waals surface area contributed by atoms with Crippen LogP contribution in [0, 0.1) is 18.3 Å². The van der Waals surface area contributed by atoms with Crippen LogP contribution in [0.5, 0.6) is 0 Å². The Bertz CT molecular complexity index is 935. The normalized spacial score (nSPS) is 13.4. The van der Waals surface area contributed by atoms with E-state index in [2.05, 4.69) is 23.5 Å². The smallest absolute Gasteiger partial charge is 0.408 e. The molecule has 0 aliphatic rings. The van der Waals surface area contributed by atoms with Crippen molar-refractivity contribution in [1.82, 2.24) is 15.5 Å². The van der Waals surface area contributed by atoms with Gasteiger partial charge in [0.25, 0.3) is 0 Å². The first-order chi connectivity index (χ1) is 16.6. The summed E-state index contributed by atoms with van der Waals surface area (Å²) < 4.78 is 5.42. The van der Waals surface area contributed by atoms with E-state index in [1.807, 2.05) is 40.7 Å². The number of hydrogen-bond donors (Lipinski definition) is 2. The van der Waals surface area contributed by atoms with Gasteiger partial charge in [-0.3, -0.25) is 9.59 Å². The van der Waals surface area contributed by atoms with Gasteiger partial charge in [0.05, 0.1) is 0 Å². The molecule has 36 heavy (non-hydrogen) atoms. The lowest BCUT2D eigenvalue weighted by Gasteiger charge is -2.37. The summed E-state index contributed by atoms with van der Waals surface area (Å²) in [5.41, 5.74) is -0.117. The molecule has 0 aromatic heterocycles. The lowest BCUT2D eigenvalue weighted by molar-refractivity contribution is -0.144. The van der Waals surface area contributed by atoms with Gasteiger partial charge in [0.2, 0.25) is 11.8 Å². The van der Waals surface area contributed by atoms with Crippen molar-refractivity contribution >= 4 is 17.9 Å². The van der Waals surface area contributed by atoms with Gasteiger partial charge in [0.15, 0.2) is 0 Å². The van der Waals surface area contributed by atoms with Crippen LogP contribution in [0.15, 0.2) is 24.3 Å². The predicted molar refractivity (Wildman–Crippen MR) is 144 cm³/mol. The topological polar surface area (TPSA) is 87.7 Å². The molecule has 7 heteroatoms. The van der Waals surface area contributed by atoms with Crippen LogP contribution in [0.4, 0.5) is 4.79 Å². The molecule has 2 atom stereocenters. The van der Waals surface area contributed by atoms with E-state index in [1.165, 1.54) is 0 Å². The highest BCUT2D eigenvalue weighted by Gasteiger charge is 2.38. The van der Waals surface area contributed by atoms with Crippen molar-refractivity contribution in [2.45, 2.75) is 105 Å². The average Bonchev–Trinajstić information content (AvgIpc) is 2.74. The molecule has 200 valence electrons. The molecule has 3 amide bonds. The first-order valence-corrected chi connectivity index (χ1v) is 12.8. The van der Waals surface area contributed by atoms with Gasteiger partial charge in [-0.05, 0) is 65.5 Å². The second kappa shape index (κ2) is 13.3. The molecule has 0 aliphatic carbocycles. The van der Waals surface area contributed by atoms with Crippen molar-refractivity contribution in [2.24, 2.45) is 5.92 Å². The lowest BCUT2D eigenvalue weighted by Crippen LogP contribution is -2.56. The fourth-order valence-electron chi connectivity index (χ4n) is 3.78. The first-order valence-electron chi connectivity index (χ1n) is 12.8. The zero-order chi connectivity index (χ0) is 27.7. The van der Waals surface area contributed by atoms with E-state index in [9.17, 15) is 14.4 Å². The van der Waals surface area contributed by atoms with Crippen LogP contribution in [-0.2, 0) is 14.3 Å². The Morgan fingerprint density at radius 1 is 1.06 bits per heavy atom. The molecular weight excluding hydrogens is 454 g/mol. The van der Waals surface area contributed by atoms with E-state index in [0.717, 1.165) is 12.8 Å². The van der Waals surface area contributed by atoms with Crippen LogP contribution in [0.25, 0.3) is 0 Å². The summed E-state index contributed by atoms with van der Waals surface area (Å²) in [6.07, 6.45) is 7.65. The number of alkyl carbamates (subject to hydrolysis) is 1. The van der Waals surface area contributed by atoms with Crippen LogP contribution < -0.4 is 10.6 Å². The predicted octanol–water partition coefficient (Wildman–Crippen LogP) is 5.19. The van der Waals surface area contributed by atoms with Crippen LogP contribution in [0.2, 0.25) is 0 Å². The Labute approximate surface area is 217 Å². The highest BCUT2D eigenvalue weighted by Crippen LogP contribution is 2.28. The Morgan fingerprint density at radius 3 is 2.17 bits per heavy atom. The molecule has 0 saturated carbocycles. The molecule has 1 rings (SSSR count). The van der Waals surface area contributed by atoms with Crippen molar-refractivity contribution < 1.29 is 19.1 Å². The number of ether oxygens (including phenoxy) is 1. The van der Waals surface area contributed by atoms with Crippen molar-refractivity contribution in [3.8, 4) is 12.3 Å². The average molecular weight is 500 g/mol. The summed E-state index contributed by atoms with van der Waals surface area (Å²) in [6.45, 7) is 17.1. The Hall–Kier alpha value is -3.01. The van der Waals surface area contributed by atoms with Crippen LogP contribution in [0.3, 0.4) is 0 Å². The standard InChI is InChI=1S/C29H45N3O4/c1-11-13-16-19-32(26(34)23(20(3)4)30-27(35)36-29(8,9)10)24(25(33)31-28(5,6)7)22-18-15-14-17-21(22)12-2/h2,14-15,17-18,20,23-24H,11,13,16,19H2,1,3-10H3,(H,30,35)(H,31,33). The van der Waals surface area contributed by atoms with Gasteiger partial charge in [0, 0.05) is 17.6 Å². The van der Waals surface area contributed by atoms with Gasteiger partial charge in [-0.25, -0.2) is 4.79 Å². The fourth-order valence-corrected chi connectivity index (χ4v) is 3.78. The number of carbonyl (C=O) groups is 3. The number of carbonyl (C=O) groups excluding carboxylic acids is 3. The molecule has 0 aliphatic heterocycles. The number of amides is 3. The number of nitrogens with one attached hydrogen (secondary N) is 2. The van der Waals surface area contributed by atoms with Gasteiger partial charge in [-0.15, -0.1) is 6.42 Å². The van der Waals surface area contributed by atoms with Crippen LogP contribution >= 0.6 is 0 Å². The minimum atomic E-state index is -0.956. The molecule has 1 aromatic carbocycles. The first kappa shape index (κ1) is 31.0. The molecule has 0 heterocycles. The molecule has 7 nitrogen and oxygen atoms in total. The molecule has 0 bridgehead atoms. The quantitative estimate of drug-likeness (QED) is 0.342. The summed E-state index contributed by atoms with van der Waals surface area (Å²) in [7, 11) is 0. The third kappa shape index (κ3) is 9.93. The second-order valence-electron chi connectivity index (χ2n) is 11.5. The maximum Gasteiger partial charge on any atom is 0.408 e. The van der Waals surface area contributed by atoms with Crippen molar-refractivity contribution in [3.63, 3.8) is 0 Å². The number of hydrogen-bond acceptors (Lipinski definition) is 4. The summed E-state index contributed by atoms with van der Waals surface area (Å²) in [5.74, 6) is 1.74. The van der Waals surface area contributed by atoms with E-state index in [0.29, 0.717) is 24.1 Å².